The van der Waals surface area contributed by atoms with E-state index in [1.165, 1.54) is 13.2 Å². The molecule has 1 aromatic heterocycles. The summed E-state index contributed by atoms with van der Waals surface area (Å²) in [5, 5.41) is 6.95. The number of hydrogen-bond acceptors (Lipinski definition) is 6. The van der Waals surface area contributed by atoms with Gasteiger partial charge >= 0.3 is 0 Å². The molecule has 1 heterocycles. The van der Waals surface area contributed by atoms with E-state index in [-0.39, 0.29) is 12.5 Å². The third-order valence-corrected chi connectivity index (χ3v) is 3.89. The molecule has 0 spiro atoms. The van der Waals surface area contributed by atoms with Crippen LogP contribution < -0.4 is 14.8 Å². The largest absolute Gasteiger partial charge is 0.493 e. The van der Waals surface area contributed by atoms with Crippen LogP contribution in [0.3, 0.4) is 0 Å². The number of halogens is 1. The number of benzene rings is 1. The fourth-order valence-electron chi connectivity index (χ4n) is 2.24. The van der Waals surface area contributed by atoms with Gasteiger partial charge in [-0.15, -0.1) is 0 Å². The second-order valence-corrected chi connectivity index (χ2v) is 5.83. The molecule has 1 N–H and O–H groups in total. The van der Waals surface area contributed by atoms with E-state index >= 15 is 0 Å². The summed E-state index contributed by atoms with van der Waals surface area (Å²) in [7, 11) is 1.49. The molecule has 0 atom stereocenters. The SMILES string of the molecule is CCOc1c(Cl)cc(C(=O)NCc2nc(C3CC3)no2)cc1OC. The molecule has 1 aliphatic rings. The molecule has 0 radical (unpaired) electrons. The van der Waals surface area contributed by atoms with Gasteiger partial charge in [0.25, 0.3) is 5.91 Å². The van der Waals surface area contributed by atoms with Crippen LogP contribution in [0.4, 0.5) is 0 Å². The van der Waals surface area contributed by atoms with E-state index in [1.54, 1.807) is 6.07 Å². The third-order valence-electron chi connectivity index (χ3n) is 3.61. The maximum Gasteiger partial charge on any atom is 0.251 e. The number of nitrogens with one attached hydrogen (secondary N) is 1. The Bertz CT molecular complexity index is 743. The Morgan fingerprint density at radius 2 is 2.25 bits per heavy atom. The Kier molecular flexibility index (Phi) is 4.89. The molecule has 1 aromatic carbocycles. The first-order valence-electron chi connectivity index (χ1n) is 7.73. The van der Waals surface area contributed by atoms with E-state index in [0.717, 1.165) is 12.8 Å². The van der Waals surface area contributed by atoms with Crippen LogP contribution in [-0.4, -0.2) is 29.8 Å². The molecule has 1 fully saturated rings. The number of methoxy groups -OCH3 is 1. The van der Waals surface area contributed by atoms with Gasteiger partial charge in [0.05, 0.1) is 25.3 Å². The molecule has 0 aliphatic heterocycles. The van der Waals surface area contributed by atoms with Crippen molar-refractivity contribution in [2.45, 2.75) is 32.2 Å². The first-order chi connectivity index (χ1) is 11.6. The summed E-state index contributed by atoms with van der Waals surface area (Å²) in [6.07, 6.45) is 2.19. The van der Waals surface area contributed by atoms with Crippen molar-refractivity contribution < 1.29 is 18.8 Å². The van der Waals surface area contributed by atoms with Crippen molar-refractivity contribution in [3.63, 3.8) is 0 Å². The number of nitrogens with zero attached hydrogens (tertiary/aromatic N) is 2. The Morgan fingerprint density at radius 3 is 2.92 bits per heavy atom. The van der Waals surface area contributed by atoms with Crippen LogP contribution in [0.2, 0.25) is 5.02 Å². The van der Waals surface area contributed by atoms with Crippen molar-refractivity contribution in [2.24, 2.45) is 0 Å². The number of ether oxygens (including phenoxy) is 2. The second-order valence-electron chi connectivity index (χ2n) is 5.43. The molecule has 1 aliphatic carbocycles. The van der Waals surface area contributed by atoms with Gasteiger partial charge in [-0.2, -0.15) is 4.98 Å². The molecule has 3 rings (SSSR count). The molecule has 8 heteroatoms. The maximum absolute atomic E-state index is 12.3. The Morgan fingerprint density at radius 1 is 1.46 bits per heavy atom. The number of carbonyl (C=O) groups is 1. The van der Waals surface area contributed by atoms with Crippen molar-refractivity contribution in [2.75, 3.05) is 13.7 Å². The van der Waals surface area contributed by atoms with E-state index in [4.69, 9.17) is 25.6 Å². The average Bonchev–Trinajstić information content (AvgIpc) is 3.33. The molecule has 2 aromatic rings. The molecular weight excluding hydrogens is 334 g/mol. The Hall–Kier alpha value is -2.28. The molecule has 24 heavy (non-hydrogen) atoms. The second kappa shape index (κ2) is 7.09. The van der Waals surface area contributed by atoms with Gasteiger partial charge in [0, 0.05) is 11.5 Å². The van der Waals surface area contributed by atoms with Gasteiger partial charge in [0.15, 0.2) is 17.3 Å². The predicted molar refractivity (Wildman–Crippen MR) is 86.6 cm³/mol. The van der Waals surface area contributed by atoms with Crippen LogP contribution in [0.5, 0.6) is 11.5 Å². The summed E-state index contributed by atoms with van der Waals surface area (Å²) in [5.41, 5.74) is 0.363. The van der Waals surface area contributed by atoms with E-state index in [9.17, 15) is 4.79 Å². The van der Waals surface area contributed by atoms with Gasteiger partial charge in [0.1, 0.15) is 0 Å². The lowest BCUT2D eigenvalue weighted by molar-refractivity contribution is 0.0946. The van der Waals surface area contributed by atoms with Crippen LogP contribution in [-0.2, 0) is 6.54 Å². The summed E-state index contributed by atoms with van der Waals surface area (Å²) in [6, 6.07) is 3.11. The average molecular weight is 352 g/mol. The zero-order valence-electron chi connectivity index (χ0n) is 13.5. The van der Waals surface area contributed by atoms with Gasteiger partial charge in [-0.1, -0.05) is 16.8 Å². The molecule has 0 saturated heterocycles. The lowest BCUT2D eigenvalue weighted by Crippen LogP contribution is -2.23. The van der Waals surface area contributed by atoms with Crippen LogP contribution >= 0.6 is 11.6 Å². The van der Waals surface area contributed by atoms with Gasteiger partial charge in [0.2, 0.25) is 5.89 Å². The predicted octanol–water partition coefficient (Wildman–Crippen LogP) is 2.94. The fourth-order valence-corrected chi connectivity index (χ4v) is 2.51. The maximum atomic E-state index is 12.3. The first kappa shape index (κ1) is 16.6. The van der Waals surface area contributed by atoms with E-state index in [1.807, 2.05) is 6.92 Å². The lowest BCUT2D eigenvalue weighted by Gasteiger charge is -2.12. The molecular formula is C16H18ClN3O4. The topological polar surface area (TPSA) is 86.5 Å². The Balaban J connectivity index is 1.68. The Labute approximate surface area is 144 Å². The van der Waals surface area contributed by atoms with Crippen molar-refractivity contribution in [1.82, 2.24) is 15.5 Å². The monoisotopic (exact) mass is 351 g/mol. The molecule has 0 unspecified atom stereocenters. The zero-order valence-corrected chi connectivity index (χ0v) is 14.2. The minimum atomic E-state index is -0.315. The highest BCUT2D eigenvalue weighted by atomic mass is 35.5. The van der Waals surface area contributed by atoms with Crippen molar-refractivity contribution in [3.05, 3.63) is 34.4 Å². The summed E-state index contributed by atoms with van der Waals surface area (Å²) in [6.45, 7) is 2.45. The minimum Gasteiger partial charge on any atom is -0.493 e. The highest BCUT2D eigenvalue weighted by Gasteiger charge is 2.28. The molecule has 1 amide bonds. The van der Waals surface area contributed by atoms with Gasteiger partial charge in [-0.3, -0.25) is 4.79 Å². The van der Waals surface area contributed by atoms with Crippen LogP contribution in [0.25, 0.3) is 0 Å². The highest BCUT2D eigenvalue weighted by Crippen LogP contribution is 2.38. The zero-order chi connectivity index (χ0) is 17.1. The molecule has 7 nitrogen and oxygen atoms in total. The first-order valence-corrected chi connectivity index (χ1v) is 8.11. The number of hydrogen-bond donors (Lipinski definition) is 1. The van der Waals surface area contributed by atoms with Gasteiger partial charge in [-0.25, -0.2) is 0 Å². The van der Waals surface area contributed by atoms with Gasteiger partial charge < -0.3 is 19.3 Å². The van der Waals surface area contributed by atoms with Crippen molar-refractivity contribution >= 4 is 17.5 Å². The molecule has 0 bridgehead atoms. The molecule has 128 valence electrons. The lowest BCUT2D eigenvalue weighted by atomic mass is 10.2. The van der Waals surface area contributed by atoms with Crippen molar-refractivity contribution in [3.8, 4) is 11.5 Å². The number of amides is 1. The van der Waals surface area contributed by atoms with E-state index in [2.05, 4.69) is 15.5 Å². The van der Waals surface area contributed by atoms with E-state index in [0.29, 0.717) is 46.3 Å². The summed E-state index contributed by atoms with van der Waals surface area (Å²) < 4.78 is 15.8. The van der Waals surface area contributed by atoms with E-state index < -0.39 is 0 Å². The summed E-state index contributed by atoms with van der Waals surface area (Å²) in [4.78, 5) is 16.6. The smallest absolute Gasteiger partial charge is 0.251 e. The highest BCUT2D eigenvalue weighted by molar-refractivity contribution is 6.32. The van der Waals surface area contributed by atoms with Gasteiger partial charge in [-0.05, 0) is 31.9 Å². The van der Waals surface area contributed by atoms with Crippen LogP contribution in [0.1, 0.15) is 47.8 Å². The normalized spacial score (nSPS) is 13.6. The molecule has 1 saturated carbocycles. The summed E-state index contributed by atoms with van der Waals surface area (Å²) >= 11 is 6.17. The fraction of sp³-hybridized carbons (Fsp3) is 0.438. The quantitative estimate of drug-likeness (QED) is 0.825. The van der Waals surface area contributed by atoms with Crippen LogP contribution in [0, 0.1) is 0 Å². The number of carbonyl (C=O) groups excluding carboxylic acids is 1. The minimum absolute atomic E-state index is 0.158. The third kappa shape index (κ3) is 3.62. The number of rotatable bonds is 7. The van der Waals surface area contributed by atoms with Crippen LogP contribution in [0.15, 0.2) is 16.7 Å². The van der Waals surface area contributed by atoms with Crippen molar-refractivity contribution in [1.29, 1.82) is 0 Å². The standard InChI is InChI=1S/C16H18ClN3O4/c1-3-23-14-11(17)6-10(7-12(14)22-2)16(21)18-8-13-19-15(20-24-13)9-4-5-9/h6-7,9H,3-5,8H2,1-2H3,(H,18,21). The number of aromatic nitrogens is 2. The summed E-state index contributed by atoms with van der Waals surface area (Å²) in [5.74, 6) is 2.02.